The van der Waals surface area contributed by atoms with Crippen molar-refractivity contribution in [3.8, 4) is 46.0 Å². The van der Waals surface area contributed by atoms with Crippen molar-refractivity contribution >= 4 is 35.0 Å². The fourth-order valence-corrected chi connectivity index (χ4v) is 9.71. The van der Waals surface area contributed by atoms with Crippen LogP contribution in [-0.4, -0.2) is 63.5 Å². The summed E-state index contributed by atoms with van der Waals surface area (Å²) in [5.74, 6) is -10.2. The highest BCUT2D eigenvalue weighted by atomic mass is 19.5. The van der Waals surface area contributed by atoms with Gasteiger partial charge in [0.05, 0.1) is 89.0 Å². The number of anilines is 1. The van der Waals surface area contributed by atoms with Crippen molar-refractivity contribution < 1.29 is 268 Å². The molecular formula is C72H39B4F48NO12. The molecule has 0 amide bonds. The highest BCUT2D eigenvalue weighted by molar-refractivity contribution is 6.38. The fourth-order valence-electron chi connectivity index (χ4n) is 9.71. The number of hydrogen-bond acceptors (Lipinski definition) is 13. The van der Waals surface area contributed by atoms with E-state index in [0.29, 0.717) is 0 Å². The van der Waals surface area contributed by atoms with Gasteiger partial charge in [-0.15, -0.1) is 0 Å². The lowest BCUT2D eigenvalue weighted by atomic mass is 10.1. The average Bonchev–Trinajstić information content (AvgIpc) is 0.828. The maximum absolute atomic E-state index is 12.8. The van der Waals surface area contributed by atoms with E-state index in [4.69, 9.17) is 0 Å². The highest BCUT2D eigenvalue weighted by Crippen LogP contribution is 2.49. The SMILES string of the molecule is CN(C)c1ccccc1.OB(Oc1cc(C(F)(F)F)cc(C(F)(F)F)c1)Oc1cc(C(F)(F)F)cc(C(F)(F)F)c1.OB(Oc1cc(C(F)(F)F)cc(C(F)(F)F)c1)Oc1cc(C(F)(F)F)cc(C(F)(F)F)c1.OB(Oc1cc(C(F)(F)F)cc(C(F)(F)F)c1)Oc1cc(C(F)(F)F)cc(C(F)(F)F)c1.OB(Oc1cc(C(F)(F)F)cc(C(F)(F)F)c1)Oc1cc(C(F)(F)F)cc(C(F)(F)F)c1. The summed E-state index contributed by atoms with van der Waals surface area (Å²) in [6, 6.07) is 8.20. The van der Waals surface area contributed by atoms with Crippen molar-refractivity contribution in [1.29, 1.82) is 0 Å². The number of rotatable bonds is 17. The smallest absolute Gasteiger partial charge is 0.501 e. The molecule has 13 nitrogen and oxygen atoms in total. The Hall–Kier alpha value is -12.1. The van der Waals surface area contributed by atoms with Gasteiger partial charge in [0, 0.05) is 19.8 Å². The predicted octanol–water partition coefficient (Wildman–Crippen LogP) is 26.5. The average molecular weight is 2070 g/mol. The molecule has 65 heteroatoms. The Morgan fingerprint density at radius 1 is 0.161 bits per heavy atom. The second-order valence-corrected chi connectivity index (χ2v) is 26.3. The zero-order chi connectivity index (χ0) is 105. The summed E-state index contributed by atoms with van der Waals surface area (Å²) >= 11 is 0. The third kappa shape index (κ3) is 36.7. The van der Waals surface area contributed by atoms with Gasteiger partial charge in [0.2, 0.25) is 0 Å². The van der Waals surface area contributed by atoms with Gasteiger partial charge in [0.15, 0.2) is 0 Å². The number of hydrogen-bond donors (Lipinski definition) is 4. The molecular weight excluding hydrogens is 2030 g/mol. The standard InChI is InChI=1S/4C16H7BF12O3.C8H11N/c4*18-13(19,20)7-1-8(14(21,22)23)4-11(3-7)31-17(30)32-12-5-9(15(24,25)26)2-10(6-12)16(27,28)29;1-9(2)8-6-4-3-5-7-8/h4*1-6,30H;3-7H,1-2H3. The zero-order valence-corrected chi connectivity index (χ0v) is 65.2. The number of para-hydroxylation sites is 1. The van der Waals surface area contributed by atoms with Crippen LogP contribution in [0.3, 0.4) is 0 Å². The normalized spacial score (nSPS) is 12.9. The van der Waals surface area contributed by atoms with Gasteiger partial charge in [-0.2, -0.15) is 211 Å². The maximum Gasteiger partial charge on any atom is 0.785 e. The first-order chi connectivity index (χ1) is 61.4. The fraction of sp³-hybridized carbons (Fsp3) is 0.250. The molecule has 9 rings (SSSR count). The summed E-state index contributed by atoms with van der Waals surface area (Å²) in [6.45, 7) is 0. The molecule has 0 unspecified atom stereocenters. The molecule has 0 radical (unpaired) electrons. The summed E-state index contributed by atoms with van der Waals surface area (Å²) in [6.07, 6.45) is -84.5. The van der Waals surface area contributed by atoms with Gasteiger partial charge in [0.1, 0.15) is 46.0 Å². The molecule has 137 heavy (non-hydrogen) atoms. The first kappa shape index (κ1) is 115. The molecule has 0 atom stereocenters. The Balaban J connectivity index is 0.000000312. The minimum Gasteiger partial charge on any atom is -0.501 e. The lowest BCUT2D eigenvalue weighted by Crippen LogP contribution is -2.30. The summed E-state index contributed by atoms with van der Waals surface area (Å²) in [5, 5.41) is 38.2. The first-order valence-electron chi connectivity index (χ1n) is 34.5. The molecule has 0 aliphatic rings. The van der Waals surface area contributed by atoms with Crippen LogP contribution in [0.25, 0.3) is 0 Å². The molecule has 4 N–H and O–H groups in total. The van der Waals surface area contributed by atoms with Gasteiger partial charge in [-0.3, -0.25) is 0 Å². The lowest BCUT2D eigenvalue weighted by molar-refractivity contribution is -0.144. The van der Waals surface area contributed by atoms with Gasteiger partial charge in [-0.05, 0) is 158 Å². The van der Waals surface area contributed by atoms with Crippen LogP contribution in [0.2, 0.25) is 0 Å². The molecule has 0 saturated carbocycles. The second-order valence-electron chi connectivity index (χ2n) is 26.3. The molecule has 0 bridgehead atoms. The minimum absolute atomic E-state index is 0.00903. The number of halogens is 48. The van der Waals surface area contributed by atoms with Gasteiger partial charge < -0.3 is 62.2 Å². The molecule has 0 saturated heterocycles. The highest BCUT2D eigenvalue weighted by Gasteiger charge is 2.48. The molecule has 0 heterocycles. The van der Waals surface area contributed by atoms with Crippen LogP contribution in [0.15, 0.2) is 176 Å². The van der Waals surface area contributed by atoms with Gasteiger partial charge in [-0.25, -0.2) is 0 Å². The Morgan fingerprint density at radius 3 is 0.314 bits per heavy atom. The van der Waals surface area contributed by atoms with Crippen molar-refractivity contribution in [2.75, 3.05) is 19.0 Å². The van der Waals surface area contributed by atoms with E-state index >= 15 is 0 Å². The van der Waals surface area contributed by atoms with E-state index < -0.39 is 263 Å². The largest absolute Gasteiger partial charge is 0.785 e. The van der Waals surface area contributed by atoms with E-state index in [1.807, 2.05) is 32.3 Å². The summed E-state index contributed by atoms with van der Waals surface area (Å²) < 4.78 is 649. The number of benzene rings is 9. The first-order valence-corrected chi connectivity index (χ1v) is 34.5. The Labute approximate surface area is 730 Å². The van der Waals surface area contributed by atoms with Crippen molar-refractivity contribution in [2.24, 2.45) is 0 Å². The Morgan fingerprint density at radius 2 is 0.248 bits per heavy atom. The minimum atomic E-state index is -5.28. The van der Waals surface area contributed by atoms with Gasteiger partial charge in [0.25, 0.3) is 0 Å². The molecule has 0 aliphatic heterocycles. The maximum atomic E-state index is 12.8. The molecule has 0 aromatic heterocycles. The van der Waals surface area contributed by atoms with Crippen molar-refractivity contribution in [2.45, 2.75) is 98.8 Å². The van der Waals surface area contributed by atoms with Crippen LogP contribution in [0, 0.1) is 0 Å². The van der Waals surface area contributed by atoms with Crippen LogP contribution in [-0.2, 0) is 98.8 Å². The lowest BCUT2D eigenvalue weighted by Gasteiger charge is -2.17. The Kier molecular flexibility index (Phi) is 35.5. The molecule has 9 aromatic carbocycles. The van der Waals surface area contributed by atoms with Gasteiger partial charge >= 0.3 is 128 Å². The van der Waals surface area contributed by atoms with Crippen molar-refractivity contribution in [3.05, 3.63) is 265 Å². The van der Waals surface area contributed by atoms with E-state index in [9.17, 15) is 231 Å². The predicted molar refractivity (Wildman–Crippen MR) is 369 cm³/mol. The van der Waals surface area contributed by atoms with Crippen molar-refractivity contribution in [1.82, 2.24) is 0 Å². The quantitative estimate of drug-likeness (QED) is 0.0505. The topological polar surface area (TPSA) is 158 Å². The van der Waals surface area contributed by atoms with Crippen LogP contribution in [0.4, 0.5) is 216 Å². The van der Waals surface area contributed by atoms with E-state index in [2.05, 4.69) is 54.3 Å². The number of nitrogens with zero attached hydrogens (tertiary/aromatic N) is 1. The van der Waals surface area contributed by atoms with Crippen molar-refractivity contribution in [3.63, 3.8) is 0 Å². The van der Waals surface area contributed by atoms with E-state index in [1.54, 1.807) is 0 Å². The van der Waals surface area contributed by atoms with Crippen LogP contribution in [0.1, 0.15) is 89.0 Å². The second kappa shape index (κ2) is 42.1. The Bertz CT molecular complexity index is 4320. The molecule has 0 aliphatic carbocycles. The van der Waals surface area contributed by atoms with E-state index in [-0.39, 0.29) is 146 Å². The zero-order valence-electron chi connectivity index (χ0n) is 65.2. The van der Waals surface area contributed by atoms with Crippen LogP contribution < -0.4 is 42.1 Å². The summed E-state index contributed by atoms with van der Waals surface area (Å²) in [7, 11) is -7.41. The third-order valence-electron chi connectivity index (χ3n) is 15.7. The number of alkyl halides is 48. The molecule has 752 valence electrons. The molecule has 9 aromatic rings. The van der Waals surface area contributed by atoms with Crippen LogP contribution >= 0.6 is 0 Å². The third-order valence-corrected chi connectivity index (χ3v) is 15.7. The van der Waals surface area contributed by atoms with E-state index in [1.165, 1.54) is 5.69 Å². The molecule has 0 spiro atoms. The van der Waals surface area contributed by atoms with Gasteiger partial charge in [-0.1, -0.05) is 18.2 Å². The summed E-state index contributed by atoms with van der Waals surface area (Å²) in [5.41, 5.74) is -28.4. The molecule has 0 fully saturated rings. The van der Waals surface area contributed by atoms with Crippen LogP contribution in [0.5, 0.6) is 46.0 Å². The van der Waals surface area contributed by atoms with E-state index in [0.717, 1.165) is 0 Å². The monoisotopic (exact) mass is 2070 g/mol. The summed E-state index contributed by atoms with van der Waals surface area (Å²) in [4.78, 5) is 2.08.